The summed E-state index contributed by atoms with van der Waals surface area (Å²) in [6.45, 7) is 1.93. The molecule has 0 aliphatic heterocycles. The van der Waals surface area contributed by atoms with Crippen molar-refractivity contribution in [1.29, 1.82) is 0 Å². The van der Waals surface area contributed by atoms with Gasteiger partial charge in [-0.15, -0.1) is 11.6 Å². The van der Waals surface area contributed by atoms with E-state index in [4.69, 9.17) is 16.3 Å². The van der Waals surface area contributed by atoms with Gasteiger partial charge in [0.15, 0.2) is 0 Å². The molecule has 0 atom stereocenters. The van der Waals surface area contributed by atoms with Crippen LogP contribution in [0.2, 0.25) is 0 Å². The molecule has 1 rings (SSSR count). The highest BCUT2D eigenvalue weighted by Gasteiger charge is 2.05. The Morgan fingerprint density at radius 2 is 2.25 bits per heavy atom. The van der Waals surface area contributed by atoms with Crippen LogP contribution in [-0.4, -0.2) is 18.9 Å². The van der Waals surface area contributed by atoms with Crippen LogP contribution in [-0.2, 0) is 4.79 Å². The number of hydrogen-bond donors (Lipinski definition) is 1. The Morgan fingerprint density at radius 1 is 1.50 bits per heavy atom. The van der Waals surface area contributed by atoms with Crippen molar-refractivity contribution in [2.45, 2.75) is 19.8 Å². The summed E-state index contributed by atoms with van der Waals surface area (Å²) in [7, 11) is 1.62. The maximum Gasteiger partial charge on any atom is 0.224 e. The molecule has 0 aliphatic carbocycles. The summed E-state index contributed by atoms with van der Waals surface area (Å²) in [6.07, 6.45) is 1.15. The van der Waals surface area contributed by atoms with Crippen molar-refractivity contribution < 1.29 is 9.53 Å². The van der Waals surface area contributed by atoms with E-state index in [1.165, 1.54) is 0 Å². The summed E-state index contributed by atoms with van der Waals surface area (Å²) < 4.78 is 5.09. The molecule has 0 heterocycles. The molecular formula is C12H16ClNO2. The van der Waals surface area contributed by atoms with E-state index < -0.39 is 0 Å². The van der Waals surface area contributed by atoms with E-state index in [2.05, 4.69) is 5.32 Å². The van der Waals surface area contributed by atoms with Crippen molar-refractivity contribution in [2.24, 2.45) is 0 Å². The number of halogens is 1. The van der Waals surface area contributed by atoms with Gasteiger partial charge < -0.3 is 10.1 Å². The third-order valence-corrected chi connectivity index (χ3v) is 2.51. The van der Waals surface area contributed by atoms with Crippen LogP contribution in [0.3, 0.4) is 0 Å². The van der Waals surface area contributed by atoms with Gasteiger partial charge in [0.25, 0.3) is 0 Å². The minimum absolute atomic E-state index is 0.00563. The lowest BCUT2D eigenvalue weighted by molar-refractivity contribution is -0.116. The lowest BCUT2D eigenvalue weighted by Gasteiger charge is -2.09. The fraction of sp³-hybridized carbons (Fsp3) is 0.417. The van der Waals surface area contributed by atoms with Gasteiger partial charge in [-0.05, 0) is 37.1 Å². The first-order valence-electron chi connectivity index (χ1n) is 5.18. The van der Waals surface area contributed by atoms with Crippen molar-refractivity contribution in [1.82, 2.24) is 0 Å². The standard InChI is InChI=1S/C12H16ClNO2/c1-9-8-10(16-2)5-6-11(9)14-12(15)4-3-7-13/h5-6,8H,3-4,7H2,1-2H3,(H,14,15). The van der Waals surface area contributed by atoms with Gasteiger partial charge >= 0.3 is 0 Å². The largest absolute Gasteiger partial charge is 0.497 e. The third-order valence-electron chi connectivity index (χ3n) is 2.25. The summed E-state index contributed by atoms with van der Waals surface area (Å²) in [4.78, 5) is 11.5. The molecule has 3 nitrogen and oxygen atoms in total. The van der Waals surface area contributed by atoms with Crippen LogP contribution in [0.4, 0.5) is 5.69 Å². The molecule has 1 aromatic carbocycles. The molecule has 16 heavy (non-hydrogen) atoms. The number of alkyl halides is 1. The molecule has 0 fully saturated rings. The summed E-state index contributed by atoms with van der Waals surface area (Å²) in [5.74, 6) is 1.29. The number of carbonyl (C=O) groups is 1. The minimum atomic E-state index is -0.00563. The van der Waals surface area contributed by atoms with Crippen molar-refractivity contribution in [3.63, 3.8) is 0 Å². The van der Waals surface area contributed by atoms with E-state index in [-0.39, 0.29) is 5.91 Å². The number of aryl methyl sites for hydroxylation is 1. The number of anilines is 1. The first kappa shape index (κ1) is 12.8. The molecule has 88 valence electrons. The SMILES string of the molecule is COc1ccc(NC(=O)CCCCl)c(C)c1. The first-order chi connectivity index (χ1) is 7.67. The van der Waals surface area contributed by atoms with Gasteiger partial charge in [-0.3, -0.25) is 4.79 Å². The maximum absolute atomic E-state index is 11.5. The van der Waals surface area contributed by atoms with E-state index >= 15 is 0 Å². The van der Waals surface area contributed by atoms with E-state index in [1.807, 2.05) is 25.1 Å². The van der Waals surface area contributed by atoms with E-state index in [1.54, 1.807) is 7.11 Å². The summed E-state index contributed by atoms with van der Waals surface area (Å²) in [5, 5.41) is 2.84. The molecule has 1 amide bonds. The number of benzene rings is 1. The number of carbonyl (C=O) groups excluding carboxylic acids is 1. The van der Waals surface area contributed by atoms with Crippen molar-refractivity contribution in [3.05, 3.63) is 23.8 Å². The molecule has 0 aliphatic rings. The average molecular weight is 242 g/mol. The second kappa shape index (κ2) is 6.38. The average Bonchev–Trinajstić information content (AvgIpc) is 2.29. The van der Waals surface area contributed by atoms with Crippen LogP contribution in [0.5, 0.6) is 5.75 Å². The zero-order chi connectivity index (χ0) is 12.0. The van der Waals surface area contributed by atoms with Crippen molar-refractivity contribution in [3.8, 4) is 5.75 Å². The third kappa shape index (κ3) is 3.74. The lowest BCUT2D eigenvalue weighted by Crippen LogP contribution is -2.12. The van der Waals surface area contributed by atoms with Crippen LogP contribution in [0.1, 0.15) is 18.4 Å². The van der Waals surface area contributed by atoms with Gasteiger partial charge in [0.05, 0.1) is 7.11 Å². The molecule has 0 bridgehead atoms. The van der Waals surface area contributed by atoms with E-state index in [0.29, 0.717) is 18.7 Å². The Bertz CT molecular complexity index is 366. The van der Waals surface area contributed by atoms with E-state index in [9.17, 15) is 4.79 Å². The number of amides is 1. The highest BCUT2D eigenvalue weighted by Crippen LogP contribution is 2.21. The smallest absolute Gasteiger partial charge is 0.224 e. The molecule has 0 saturated carbocycles. The number of methoxy groups -OCH3 is 1. The number of ether oxygens (including phenoxy) is 1. The van der Waals surface area contributed by atoms with Crippen LogP contribution < -0.4 is 10.1 Å². The van der Waals surface area contributed by atoms with Gasteiger partial charge in [-0.2, -0.15) is 0 Å². The zero-order valence-corrected chi connectivity index (χ0v) is 10.3. The summed E-state index contributed by atoms with van der Waals surface area (Å²) in [6, 6.07) is 5.55. The Labute approximate surface area is 101 Å². The fourth-order valence-corrected chi connectivity index (χ4v) is 1.48. The highest BCUT2D eigenvalue weighted by molar-refractivity contribution is 6.18. The predicted molar refractivity (Wildman–Crippen MR) is 66.3 cm³/mol. The molecule has 0 saturated heterocycles. The number of rotatable bonds is 5. The monoisotopic (exact) mass is 241 g/mol. The van der Waals surface area contributed by atoms with Crippen LogP contribution in [0, 0.1) is 6.92 Å². The molecule has 1 N–H and O–H groups in total. The van der Waals surface area contributed by atoms with Crippen molar-refractivity contribution >= 4 is 23.2 Å². The highest BCUT2D eigenvalue weighted by atomic mass is 35.5. The molecule has 0 spiro atoms. The van der Waals surface area contributed by atoms with Gasteiger partial charge in [0.1, 0.15) is 5.75 Å². The molecule has 0 radical (unpaired) electrons. The Balaban J connectivity index is 2.63. The zero-order valence-electron chi connectivity index (χ0n) is 9.55. The molecule has 4 heteroatoms. The fourth-order valence-electron chi connectivity index (χ4n) is 1.34. The van der Waals surface area contributed by atoms with Crippen LogP contribution >= 0.6 is 11.6 Å². The Kier molecular flexibility index (Phi) is 5.12. The predicted octanol–water partition coefficient (Wildman–Crippen LogP) is 2.96. The van der Waals surface area contributed by atoms with Crippen LogP contribution in [0.25, 0.3) is 0 Å². The summed E-state index contributed by atoms with van der Waals surface area (Å²) in [5.41, 5.74) is 1.80. The topological polar surface area (TPSA) is 38.3 Å². The first-order valence-corrected chi connectivity index (χ1v) is 5.71. The quantitative estimate of drug-likeness (QED) is 0.805. The Hall–Kier alpha value is -1.22. The van der Waals surface area contributed by atoms with Gasteiger partial charge in [0.2, 0.25) is 5.91 Å². The van der Waals surface area contributed by atoms with Crippen LogP contribution in [0.15, 0.2) is 18.2 Å². The normalized spacial score (nSPS) is 9.94. The Morgan fingerprint density at radius 3 is 2.81 bits per heavy atom. The number of nitrogens with one attached hydrogen (secondary N) is 1. The van der Waals surface area contributed by atoms with Crippen molar-refractivity contribution in [2.75, 3.05) is 18.3 Å². The second-order valence-electron chi connectivity index (χ2n) is 3.52. The summed E-state index contributed by atoms with van der Waals surface area (Å²) >= 11 is 5.52. The van der Waals surface area contributed by atoms with E-state index in [0.717, 1.165) is 17.0 Å². The molecule has 1 aromatic rings. The second-order valence-corrected chi connectivity index (χ2v) is 3.90. The maximum atomic E-state index is 11.5. The molecule has 0 aromatic heterocycles. The number of hydrogen-bond acceptors (Lipinski definition) is 2. The van der Waals surface area contributed by atoms with Gasteiger partial charge in [-0.1, -0.05) is 0 Å². The minimum Gasteiger partial charge on any atom is -0.497 e. The van der Waals surface area contributed by atoms with Gasteiger partial charge in [0, 0.05) is 18.0 Å². The lowest BCUT2D eigenvalue weighted by atomic mass is 10.2. The molecular weight excluding hydrogens is 226 g/mol. The van der Waals surface area contributed by atoms with Gasteiger partial charge in [-0.25, -0.2) is 0 Å². The molecule has 0 unspecified atom stereocenters.